The lowest BCUT2D eigenvalue weighted by molar-refractivity contribution is 0.145. The lowest BCUT2D eigenvalue weighted by Gasteiger charge is -2.05. The summed E-state index contributed by atoms with van der Waals surface area (Å²) >= 11 is 0. The number of hydrogen-bond acceptors (Lipinski definition) is 3. The molecule has 78 valence electrons. The normalized spacial score (nSPS) is 10.4. The van der Waals surface area contributed by atoms with Gasteiger partial charge < -0.3 is 10.5 Å². The molecule has 0 aliphatic carbocycles. The number of aromatic nitrogens is 1. The van der Waals surface area contributed by atoms with Crippen molar-refractivity contribution in [1.29, 1.82) is 0 Å². The maximum absolute atomic E-state index is 5.75. The Kier molecular flexibility index (Phi) is 4.40. The molecule has 1 aromatic heterocycles. The van der Waals surface area contributed by atoms with Gasteiger partial charge in [0.1, 0.15) is 5.82 Å². The van der Waals surface area contributed by atoms with Gasteiger partial charge in [-0.05, 0) is 37.8 Å². The zero-order valence-corrected chi connectivity index (χ0v) is 8.92. The predicted molar refractivity (Wildman–Crippen MR) is 58.2 cm³/mol. The molecule has 0 aromatic carbocycles. The highest BCUT2D eigenvalue weighted by molar-refractivity contribution is 5.40. The van der Waals surface area contributed by atoms with Gasteiger partial charge >= 0.3 is 0 Å². The monoisotopic (exact) mass is 194 g/mol. The zero-order chi connectivity index (χ0) is 10.4. The third kappa shape index (κ3) is 3.34. The van der Waals surface area contributed by atoms with E-state index in [1.165, 1.54) is 0 Å². The summed E-state index contributed by atoms with van der Waals surface area (Å²) in [6.45, 7) is 5.60. The van der Waals surface area contributed by atoms with Crippen molar-refractivity contribution in [1.82, 2.24) is 4.98 Å². The molecular weight excluding hydrogens is 176 g/mol. The Hall–Kier alpha value is -1.09. The standard InChI is InChI=1S/C11H18N2O/c1-3-14-6-4-5-10-7-9(2)8-13-11(10)12/h7-8H,3-6H2,1-2H3,(H2,12,13). The lowest BCUT2D eigenvalue weighted by atomic mass is 10.1. The molecule has 0 fully saturated rings. The van der Waals surface area contributed by atoms with Gasteiger partial charge in [0.15, 0.2) is 0 Å². The summed E-state index contributed by atoms with van der Waals surface area (Å²) in [4.78, 5) is 4.11. The van der Waals surface area contributed by atoms with Crippen LogP contribution in [0.5, 0.6) is 0 Å². The molecule has 0 aliphatic rings. The van der Waals surface area contributed by atoms with Crippen LogP contribution in [0.3, 0.4) is 0 Å². The summed E-state index contributed by atoms with van der Waals surface area (Å²) in [6.07, 6.45) is 3.74. The van der Waals surface area contributed by atoms with Crippen molar-refractivity contribution in [2.45, 2.75) is 26.7 Å². The van der Waals surface area contributed by atoms with Gasteiger partial charge in [-0.1, -0.05) is 6.07 Å². The fourth-order valence-corrected chi connectivity index (χ4v) is 1.35. The number of ether oxygens (including phenoxy) is 1. The van der Waals surface area contributed by atoms with Gasteiger partial charge in [-0.3, -0.25) is 0 Å². The van der Waals surface area contributed by atoms with Gasteiger partial charge in [0.05, 0.1) is 0 Å². The molecule has 0 unspecified atom stereocenters. The first-order valence-electron chi connectivity index (χ1n) is 5.02. The minimum Gasteiger partial charge on any atom is -0.383 e. The zero-order valence-electron chi connectivity index (χ0n) is 8.92. The predicted octanol–water partition coefficient (Wildman–Crippen LogP) is 1.94. The van der Waals surface area contributed by atoms with Crippen LogP contribution < -0.4 is 5.73 Å². The van der Waals surface area contributed by atoms with E-state index in [4.69, 9.17) is 10.5 Å². The van der Waals surface area contributed by atoms with E-state index in [9.17, 15) is 0 Å². The Labute approximate surface area is 85.3 Å². The molecule has 0 radical (unpaired) electrons. The Morgan fingerprint density at radius 2 is 2.29 bits per heavy atom. The second kappa shape index (κ2) is 5.60. The second-order valence-electron chi connectivity index (χ2n) is 3.36. The summed E-state index contributed by atoms with van der Waals surface area (Å²) in [5, 5.41) is 0. The molecular formula is C11H18N2O. The molecule has 3 nitrogen and oxygen atoms in total. The molecule has 0 bridgehead atoms. The summed E-state index contributed by atoms with van der Waals surface area (Å²) < 4.78 is 5.26. The van der Waals surface area contributed by atoms with E-state index in [0.717, 1.165) is 37.2 Å². The maximum atomic E-state index is 5.75. The van der Waals surface area contributed by atoms with Crippen LogP contribution in [0.15, 0.2) is 12.3 Å². The molecule has 2 N–H and O–H groups in total. The minimum atomic E-state index is 0.645. The van der Waals surface area contributed by atoms with E-state index in [2.05, 4.69) is 11.1 Å². The molecule has 1 rings (SSSR count). The fourth-order valence-electron chi connectivity index (χ4n) is 1.35. The van der Waals surface area contributed by atoms with E-state index in [1.807, 2.05) is 13.8 Å². The summed E-state index contributed by atoms with van der Waals surface area (Å²) in [5.41, 5.74) is 8.04. The summed E-state index contributed by atoms with van der Waals surface area (Å²) in [7, 11) is 0. The quantitative estimate of drug-likeness (QED) is 0.729. The molecule has 14 heavy (non-hydrogen) atoms. The van der Waals surface area contributed by atoms with Crippen LogP contribution in [0.25, 0.3) is 0 Å². The Morgan fingerprint density at radius 3 is 3.00 bits per heavy atom. The van der Waals surface area contributed by atoms with E-state index < -0.39 is 0 Å². The van der Waals surface area contributed by atoms with E-state index in [1.54, 1.807) is 6.20 Å². The van der Waals surface area contributed by atoms with E-state index in [-0.39, 0.29) is 0 Å². The molecule has 1 aromatic rings. The van der Waals surface area contributed by atoms with Crippen LogP contribution in [0.2, 0.25) is 0 Å². The highest BCUT2D eigenvalue weighted by atomic mass is 16.5. The fraction of sp³-hybridized carbons (Fsp3) is 0.545. The smallest absolute Gasteiger partial charge is 0.126 e. The van der Waals surface area contributed by atoms with Crippen molar-refractivity contribution in [3.8, 4) is 0 Å². The number of aryl methyl sites for hydroxylation is 2. The number of rotatable bonds is 5. The van der Waals surface area contributed by atoms with Gasteiger partial charge in [-0.25, -0.2) is 4.98 Å². The van der Waals surface area contributed by atoms with Crippen LogP contribution in [-0.4, -0.2) is 18.2 Å². The third-order valence-corrected chi connectivity index (χ3v) is 2.08. The minimum absolute atomic E-state index is 0.645. The van der Waals surface area contributed by atoms with Crippen molar-refractivity contribution in [2.24, 2.45) is 0 Å². The number of nitrogens with zero attached hydrogens (tertiary/aromatic N) is 1. The summed E-state index contributed by atoms with van der Waals surface area (Å²) in [5.74, 6) is 0.645. The molecule has 1 heterocycles. The average molecular weight is 194 g/mol. The van der Waals surface area contributed by atoms with Crippen molar-refractivity contribution < 1.29 is 4.74 Å². The number of nitrogen functional groups attached to an aromatic ring is 1. The molecule has 3 heteroatoms. The number of hydrogen-bond donors (Lipinski definition) is 1. The van der Waals surface area contributed by atoms with E-state index in [0.29, 0.717) is 5.82 Å². The van der Waals surface area contributed by atoms with Crippen molar-refractivity contribution >= 4 is 5.82 Å². The maximum Gasteiger partial charge on any atom is 0.126 e. The van der Waals surface area contributed by atoms with E-state index >= 15 is 0 Å². The number of anilines is 1. The molecule has 0 saturated carbocycles. The van der Waals surface area contributed by atoms with Crippen molar-refractivity contribution in [3.63, 3.8) is 0 Å². The van der Waals surface area contributed by atoms with Crippen LogP contribution in [0.1, 0.15) is 24.5 Å². The first kappa shape index (κ1) is 11.0. The molecule has 0 atom stereocenters. The molecule has 0 spiro atoms. The lowest BCUT2D eigenvalue weighted by Crippen LogP contribution is -2.01. The topological polar surface area (TPSA) is 48.1 Å². The first-order valence-corrected chi connectivity index (χ1v) is 5.02. The highest BCUT2D eigenvalue weighted by Gasteiger charge is 2.00. The van der Waals surface area contributed by atoms with Crippen molar-refractivity contribution in [3.05, 3.63) is 23.4 Å². The molecule has 0 aliphatic heterocycles. The number of pyridine rings is 1. The average Bonchev–Trinajstić information content (AvgIpc) is 2.18. The second-order valence-corrected chi connectivity index (χ2v) is 3.36. The van der Waals surface area contributed by atoms with Crippen LogP contribution in [0, 0.1) is 6.92 Å². The van der Waals surface area contributed by atoms with Crippen molar-refractivity contribution in [2.75, 3.05) is 18.9 Å². The SMILES string of the molecule is CCOCCCc1cc(C)cnc1N. The van der Waals surface area contributed by atoms with Gasteiger partial charge in [0.2, 0.25) is 0 Å². The Balaban J connectivity index is 2.45. The van der Waals surface area contributed by atoms with Gasteiger partial charge in [-0.2, -0.15) is 0 Å². The molecule has 0 amide bonds. The largest absolute Gasteiger partial charge is 0.383 e. The third-order valence-electron chi connectivity index (χ3n) is 2.08. The highest BCUT2D eigenvalue weighted by Crippen LogP contribution is 2.12. The van der Waals surface area contributed by atoms with Crippen LogP contribution in [-0.2, 0) is 11.2 Å². The van der Waals surface area contributed by atoms with Gasteiger partial charge in [-0.15, -0.1) is 0 Å². The number of nitrogens with two attached hydrogens (primary N) is 1. The summed E-state index contributed by atoms with van der Waals surface area (Å²) in [6, 6.07) is 2.09. The van der Waals surface area contributed by atoms with Gasteiger partial charge in [0.25, 0.3) is 0 Å². The Morgan fingerprint density at radius 1 is 1.50 bits per heavy atom. The van der Waals surface area contributed by atoms with Gasteiger partial charge in [0, 0.05) is 19.4 Å². The Bertz CT molecular complexity index is 287. The molecule has 0 saturated heterocycles. The first-order chi connectivity index (χ1) is 6.74. The van der Waals surface area contributed by atoms with Crippen LogP contribution in [0.4, 0.5) is 5.82 Å². The van der Waals surface area contributed by atoms with Crippen LogP contribution >= 0.6 is 0 Å².